The molecule has 2 atom stereocenters. The summed E-state index contributed by atoms with van der Waals surface area (Å²) >= 11 is 5.95. The van der Waals surface area contributed by atoms with Gasteiger partial charge in [-0.05, 0) is 37.5 Å². The SMILES string of the molecule is C[C@H](O)CC[C@](CC#N)(c1ccc(Cl)cc1)n1cncn1. The topological polar surface area (TPSA) is 74.7 Å². The van der Waals surface area contributed by atoms with Gasteiger partial charge in [-0.15, -0.1) is 0 Å². The minimum Gasteiger partial charge on any atom is -0.393 e. The summed E-state index contributed by atoms with van der Waals surface area (Å²) in [5.74, 6) is 0. The summed E-state index contributed by atoms with van der Waals surface area (Å²) in [6.07, 6.45) is 4.00. The van der Waals surface area contributed by atoms with E-state index in [0.717, 1.165) is 5.56 Å². The van der Waals surface area contributed by atoms with Crippen LogP contribution >= 0.6 is 11.6 Å². The lowest BCUT2D eigenvalue weighted by Crippen LogP contribution is -2.36. The first-order chi connectivity index (χ1) is 10.1. The highest BCUT2D eigenvalue weighted by molar-refractivity contribution is 6.30. The van der Waals surface area contributed by atoms with Crippen LogP contribution in [-0.2, 0) is 5.54 Å². The van der Waals surface area contributed by atoms with Crippen LogP contribution in [0.25, 0.3) is 0 Å². The van der Waals surface area contributed by atoms with E-state index in [1.54, 1.807) is 30.1 Å². The molecule has 0 aliphatic rings. The van der Waals surface area contributed by atoms with E-state index in [1.165, 1.54) is 6.33 Å². The van der Waals surface area contributed by atoms with Gasteiger partial charge in [0.1, 0.15) is 18.2 Å². The van der Waals surface area contributed by atoms with E-state index >= 15 is 0 Å². The number of halogens is 1. The van der Waals surface area contributed by atoms with Crippen molar-refractivity contribution < 1.29 is 5.11 Å². The number of aliphatic hydroxyl groups excluding tert-OH is 1. The first-order valence-corrected chi connectivity index (χ1v) is 7.12. The highest BCUT2D eigenvalue weighted by Crippen LogP contribution is 2.35. The lowest BCUT2D eigenvalue weighted by Gasteiger charge is -2.33. The summed E-state index contributed by atoms with van der Waals surface area (Å²) in [6, 6.07) is 9.60. The molecule has 0 saturated carbocycles. The largest absolute Gasteiger partial charge is 0.393 e. The lowest BCUT2D eigenvalue weighted by molar-refractivity contribution is 0.158. The number of hydrogen-bond acceptors (Lipinski definition) is 4. The molecule has 0 bridgehead atoms. The van der Waals surface area contributed by atoms with Crippen molar-refractivity contribution in [3.05, 3.63) is 47.5 Å². The molecule has 1 aromatic carbocycles. The molecule has 110 valence electrons. The Morgan fingerprint density at radius 1 is 1.43 bits per heavy atom. The van der Waals surface area contributed by atoms with Gasteiger partial charge < -0.3 is 5.11 Å². The van der Waals surface area contributed by atoms with Crippen LogP contribution in [0.1, 0.15) is 31.7 Å². The van der Waals surface area contributed by atoms with Gasteiger partial charge in [-0.1, -0.05) is 23.7 Å². The Morgan fingerprint density at radius 3 is 2.67 bits per heavy atom. The molecule has 0 amide bonds. The molecule has 0 saturated heterocycles. The molecule has 2 aromatic rings. The normalized spacial score (nSPS) is 15.1. The van der Waals surface area contributed by atoms with Gasteiger partial charge in [-0.3, -0.25) is 0 Å². The predicted molar refractivity (Wildman–Crippen MR) is 79.7 cm³/mol. The third-order valence-electron chi connectivity index (χ3n) is 3.59. The van der Waals surface area contributed by atoms with Gasteiger partial charge in [0.05, 0.1) is 18.6 Å². The molecule has 0 radical (unpaired) electrons. The van der Waals surface area contributed by atoms with E-state index in [9.17, 15) is 10.4 Å². The van der Waals surface area contributed by atoms with E-state index in [0.29, 0.717) is 17.9 Å². The molecular weight excluding hydrogens is 288 g/mol. The minimum atomic E-state index is -0.646. The zero-order valence-electron chi connectivity index (χ0n) is 11.8. The van der Waals surface area contributed by atoms with Crippen LogP contribution in [0.2, 0.25) is 5.02 Å². The fourth-order valence-electron chi connectivity index (χ4n) is 2.43. The maximum atomic E-state index is 9.62. The van der Waals surface area contributed by atoms with Crippen molar-refractivity contribution in [2.45, 2.75) is 37.8 Å². The lowest BCUT2D eigenvalue weighted by atomic mass is 9.82. The van der Waals surface area contributed by atoms with Gasteiger partial charge >= 0.3 is 0 Å². The predicted octanol–water partition coefficient (Wildman–Crippen LogP) is 2.75. The molecule has 1 heterocycles. The minimum absolute atomic E-state index is 0.241. The van der Waals surface area contributed by atoms with Crippen LogP contribution in [0.4, 0.5) is 0 Å². The number of benzene rings is 1. The molecule has 0 spiro atoms. The Kier molecular flexibility index (Phi) is 4.94. The molecule has 1 N–H and O–H groups in total. The van der Waals surface area contributed by atoms with Crippen molar-refractivity contribution in [2.75, 3.05) is 0 Å². The summed E-state index contributed by atoms with van der Waals surface area (Å²) in [6.45, 7) is 1.74. The van der Waals surface area contributed by atoms with Crippen molar-refractivity contribution in [3.63, 3.8) is 0 Å². The van der Waals surface area contributed by atoms with Crippen molar-refractivity contribution >= 4 is 11.6 Å². The highest BCUT2D eigenvalue weighted by atomic mass is 35.5. The van der Waals surface area contributed by atoms with E-state index in [-0.39, 0.29) is 6.42 Å². The third kappa shape index (κ3) is 3.41. The monoisotopic (exact) mass is 304 g/mol. The number of nitriles is 1. The summed E-state index contributed by atoms with van der Waals surface area (Å²) in [4.78, 5) is 3.99. The van der Waals surface area contributed by atoms with E-state index in [1.807, 2.05) is 12.1 Å². The van der Waals surface area contributed by atoms with Crippen LogP contribution in [0.15, 0.2) is 36.9 Å². The molecule has 0 fully saturated rings. The second kappa shape index (κ2) is 6.70. The molecule has 21 heavy (non-hydrogen) atoms. The number of hydrogen-bond donors (Lipinski definition) is 1. The van der Waals surface area contributed by atoms with Crippen molar-refractivity contribution in [3.8, 4) is 6.07 Å². The van der Waals surface area contributed by atoms with E-state index in [2.05, 4.69) is 16.2 Å². The average Bonchev–Trinajstić information content (AvgIpc) is 2.99. The molecule has 0 aliphatic heterocycles. The molecule has 0 unspecified atom stereocenters. The molecule has 1 aromatic heterocycles. The molecule has 2 rings (SSSR count). The Bertz CT molecular complexity index is 604. The van der Waals surface area contributed by atoms with Crippen molar-refractivity contribution in [1.29, 1.82) is 5.26 Å². The first kappa shape index (κ1) is 15.5. The van der Waals surface area contributed by atoms with E-state index in [4.69, 9.17) is 11.6 Å². The van der Waals surface area contributed by atoms with Crippen LogP contribution in [-0.4, -0.2) is 26.0 Å². The Balaban J connectivity index is 2.49. The second-order valence-corrected chi connectivity index (χ2v) is 5.54. The van der Waals surface area contributed by atoms with Crippen LogP contribution < -0.4 is 0 Å². The fourth-order valence-corrected chi connectivity index (χ4v) is 2.56. The Morgan fingerprint density at radius 2 is 2.14 bits per heavy atom. The van der Waals surface area contributed by atoms with Gasteiger partial charge in [-0.25, -0.2) is 9.67 Å². The maximum absolute atomic E-state index is 9.62. The fraction of sp³-hybridized carbons (Fsp3) is 0.400. The maximum Gasteiger partial charge on any atom is 0.137 e. The number of rotatable bonds is 6. The number of aliphatic hydroxyl groups is 1. The van der Waals surface area contributed by atoms with Gasteiger partial charge in [0, 0.05) is 5.02 Å². The standard InChI is InChI=1S/C15H17ClN4O/c1-12(21)6-7-15(8-9-17,20-11-18-10-19-20)13-2-4-14(16)5-3-13/h2-5,10-12,21H,6-8H2,1H3/t12-,15-/m0/s1. The van der Waals surface area contributed by atoms with Gasteiger partial charge in [0.2, 0.25) is 0 Å². The van der Waals surface area contributed by atoms with Gasteiger partial charge in [-0.2, -0.15) is 10.4 Å². The average molecular weight is 305 g/mol. The van der Waals surface area contributed by atoms with Crippen molar-refractivity contribution in [2.24, 2.45) is 0 Å². The highest BCUT2D eigenvalue weighted by Gasteiger charge is 2.35. The summed E-state index contributed by atoms with van der Waals surface area (Å²) < 4.78 is 1.70. The Hall–Kier alpha value is -1.90. The summed E-state index contributed by atoms with van der Waals surface area (Å²) in [5, 5.41) is 23.8. The smallest absolute Gasteiger partial charge is 0.137 e. The summed E-state index contributed by atoms with van der Waals surface area (Å²) in [5.41, 5.74) is 0.284. The molecular formula is C15H17ClN4O. The van der Waals surface area contributed by atoms with E-state index < -0.39 is 11.6 Å². The zero-order valence-corrected chi connectivity index (χ0v) is 12.5. The molecule has 5 nitrogen and oxygen atoms in total. The third-order valence-corrected chi connectivity index (χ3v) is 3.84. The van der Waals surface area contributed by atoms with Gasteiger partial charge in [0.25, 0.3) is 0 Å². The quantitative estimate of drug-likeness (QED) is 0.890. The van der Waals surface area contributed by atoms with Crippen LogP contribution in [0.5, 0.6) is 0 Å². The van der Waals surface area contributed by atoms with Gasteiger partial charge in [0.15, 0.2) is 0 Å². The van der Waals surface area contributed by atoms with Crippen molar-refractivity contribution in [1.82, 2.24) is 14.8 Å². The zero-order chi connectivity index (χ0) is 15.3. The number of nitrogens with zero attached hydrogens (tertiary/aromatic N) is 4. The summed E-state index contributed by atoms with van der Waals surface area (Å²) in [7, 11) is 0. The molecule has 0 aliphatic carbocycles. The Labute approximate surface area is 128 Å². The second-order valence-electron chi connectivity index (χ2n) is 5.10. The van der Waals surface area contributed by atoms with Crippen LogP contribution in [0, 0.1) is 11.3 Å². The number of aromatic nitrogens is 3. The van der Waals surface area contributed by atoms with Crippen LogP contribution in [0.3, 0.4) is 0 Å². The first-order valence-electron chi connectivity index (χ1n) is 6.74. The molecule has 6 heteroatoms.